The molecule has 0 radical (unpaired) electrons. The van der Waals surface area contributed by atoms with Gasteiger partial charge in [0.2, 0.25) is 5.91 Å². The Morgan fingerprint density at radius 1 is 1.32 bits per heavy atom. The maximum atomic E-state index is 12.8. The highest BCUT2D eigenvalue weighted by atomic mass is 32.2. The predicted octanol–water partition coefficient (Wildman–Crippen LogP) is 3.25. The van der Waals surface area contributed by atoms with E-state index in [-0.39, 0.29) is 16.7 Å². The van der Waals surface area contributed by atoms with E-state index in [1.165, 1.54) is 34.1 Å². The largest absolute Gasteiger partial charge is 0.465 e. The second-order valence-corrected chi connectivity index (χ2v) is 10.9. The molecular weight excluding hydrogens is 420 g/mol. The van der Waals surface area contributed by atoms with Crippen LogP contribution in [-0.4, -0.2) is 44.8 Å². The smallest absolute Gasteiger partial charge is 0.341 e. The Morgan fingerprint density at radius 2 is 2.07 bits per heavy atom. The number of anilines is 1. The number of hydrogen-bond donors (Lipinski definition) is 1. The number of carbonyl (C=O) groups is 2. The predicted molar refractivity (Wildman–Crippen MR) is 110 cm³/mol. The molecule has 1 amide bonds. The fourth-order valence-electron chi connectivity index (χ4n) is 3.19. The van der Waals surface area contributed by atoms with Crippen LogP contribution in [0.3, 0.4) is 0 Å². The number of carbonyl (C=O) groups excluding carboxylic acids is 2. The minimum Gasteiger partial charge on any atom is -0.465 e. The summed E-state index contributed by atoms with van der Waals surface area (Å²) in [6.45, 7) is 4.21. The third-order valence-electron chi connectivity index (χ3n) is 4.86. The number of nitrogens with zero attached hydrogens (tertiary/aromatic N) is 1. The summed E-state index contributed by atoms with van der Waals surface area (Å²) in [7, 11) is -2.29. The van der Waals surface area contributed by atoms with Gasteiger partial charge < -0.3 is 10.1 Å². The highest BCUT2D eigenvalue weighted by molar-refractivity contribution is 7.91. The molecule has 1 saturated heterocycles. The molecule has 1 fully saturated rings. The van der Waals surface area contributed by atoms with Gasteiger partial charge in [-0.2, -0.15) is 4.31 Å². The average molecular weight is 443 g/mol. The fourth-order valence-corrected chi connectivity index (χ4v) is 6.91. The Labute approximate surface area is 172 Å². The molecule has 1 aliphatic heterocycles. The van der Waals surface area contributed by atoms with Crippen molar-refractivity contribution in [3.63, 3.8) is 0 Å². The molecule has 1 unspecified atom stereocenters. The number of aryl methyl sites for hydroxylation is 1. The first-order chi connectivity index (χ1) is 13.3. The zero-order chi connectivity index (χ0) is 20.5. The van der Waals surface area contributed by atoms with Crippen LogP contribution in [0.25, 0.3) is 0 Å². The Balaban J connectivity index is 1.77. The monoisotopic (exact) mass is 442 g/mol. The molecule has 0 spiro atoms. The van der Waals surface area contributed by atoms with Gasteiger partial charge in [-0.1, -0.05) is 6.07 Å². The number of amides is 1. The van der Waals surface area contributed by atoms with Gasteiger partial charge in [-0.3, -0.25) is 4.79 Å². The quantitative estimate of drug-likeness (QED) is 0.718. The van der Waals surface area contributed by atoms with Gasteiger partial charge in [0.15, 0.2) is 0 Å². The van der Waals surface area contributed by atoms with Crippen molar-refractivity contribution in [1.82, 2.24) is 4.31 Å². The van der Waals surface area contributed by atoms with Gasteiger partial charge in [0.1, 0.15) is 9.21 Å². The van der Waals surface area contributed by atoms with Crippen LogP contribution in [-0.2, 0) is 19.6 Å². The number of hydrogen-bond acceptors (Lipinski definition) is 7. The number of thiophene rings is 2. The van der Waals surface area contributed by atoms with Gasteiger partial charge >= 0.3 is 5.97 Å². The summed E-state index contributed by atoms with van der Waals surface area (Å²) in [6.07, 6.45) is 1.20. The molecule has 2 aromatic rings. The first kappa shape index (κ1) is 21.0. The summed E-state index contributed by atoms with van der Waals surface area (Å²) in [4.78, 5) is 25.8. The van der Waals surface area contributed by atoms with Crippen molar-refractivity contribution in [2.24, 2.45) is 5.92 Å². The van der Waals surface area contributed by atoms with Gasteiger partial charge in [0.25, 0.3) is 10.0 Å². The van der Waals surface area contributed by atoms with Crippen molar-refractivity contribution in [2.75, 3.05) is 25.5 Å². The van der Waals surface area contributed by atoms with Crippen LogP contribution in [0.2, 0.25) is 0 Å². The maximum Gasteiger partial charge on any atom is 0.341 e. The number of methoxy groups -OCH3 is 1. The van der Waals surface area contributed by atoms with Gasteiger partial charge in [0.05, 0.1) is 18.6 Å². The molecule has 7 nitrogen and oxygen atoms in total. The molecule has 0 aromatic carbocycles. The molecule has 1 atom stereocenters. The van der Waals surface area contributed by atoms with Crippen LogP contribution in [0, 0.1) is 19.8 Å². The van der Waals surface area contributed by atoms with E-state index in [0.717, 1.165) is 10.4 Å². The lowest BCUT2D eigenvalue weighted by Gasteiger charge is -2.30. The molecule has 152 valence electrons. The Kier molecular flexibility index (Phi) is 6.23. The summed E-state index contributed by atoms with van der Waals surface area (Å²) < 4.78 is 32.0. The van der Waals surface area contributed by atoms with E-state index in [9.17, 15) is 18.0 Å². The molecular formula is C18H22N2O5S3. The average Bonchev–Trinajstić information content (AvgIpc) is 3.31. The van der Waals surface area contributed by atoms with Crippen molar-refractivity contribution >= 4 is 49.6 Å². The summed E-state index contributed by atoms with van der Waals surface area (Å²) in [5.41, 5.74) is 1.13. The third kappa shape index (κ3) is 4.00. The number of esters is 1. The molecule has 3 heterocycles. The van der Waals surface area contributed by atoms with E-state index in [1.54, 1.807) is 17.5 Å². The summed E-state index contributed by atoms with van der Waals surface area (Å²) >= 11 is 2.49. The van der Waals surface area contributed by atoms with Crippen molar-refractivity contribution in [1.29, 1.82) is 0 Å². The Bertz CT molecular complexity index is 979. The first-order valence-corrected chi connectivity index (χ1v) is 11.9. The third-order valence-corrected chi connectivity index (χ3v) is 9.22. The lowest BCUT2D eigenvalue weighted by molar-refractivity contribution is -0.120. The SMILES string of the molecule is COC(=O)c1c(NC(=O)C2CCCN(S(=O)(=O)c3cccs3)C2)sc(C)c1C. The van der Waals surface area contributed by atoms with E-state index in [0.29, 0.717) is 30.0 Å². The molecule has 1 N–H and O–H groups in total. The molecule has 0 bridgehead atoms. The number of nitrogens with one attached hydrogen (secondary N) is 1. The summed E-state index contributed by atoms with van der Waals surface area (Å²) in [5.74, 6) is -1.25. The van der Waals surface area contributed by atoms with Gasteiger partial charge in [0, 0.05) is 18.0 Å². The number of piperidine rings is 1. The van der Waals surface area contributed by atoms with Crippen LogP contribution in [0.1, 0.15) is 33.6 Å². The Morgan fingerprint density at radius 3 is 2.71 bits per heavy atom. The van der Waals surface area contributed by atoms with Crippen molar-refractivity contribution in [3.8, 4) is 0 Å². The number of sulfonamides is 1. The lowest BCUT2D eigenvalue weighted by Crippen LogP contribution is -2.43. The van der Waals surface area contributed by atoms with Crippen LogP contribution in [0.5, 0.6) is 0 Å². The van der Waals surface area contributed by atoms with Crippen molar-refractivity contribution < 1.29 is 22.7 Å². The van der Waals surface area contributed by atoms with Crippen LogP contribution >= 0.6 is 22.7 Å². The normalized spacial score (nSPS) is 18.0. The van der Waals surface area contributed by atoms with Crippen molar-refractivity contribution in [2.45, 2.75) is 30.9 Å². The second kappa shape index (κ2) is 8.32. The van der Waals surface area contributed by atoms with E-state index in [1.807, 2.05) is 13.8 Å². The van der Waals surface area contributed by atoms with Gasteiger partial charge in [-0.25, -0.2) is 13.2 Å². The van der Waals surface area contributed by atoms with Gasteiger partial charge in [-0.05, 0) is 43.7 Å². The number of ether oxygens (including phenoxy) is 1. The van der Waals surface area contributed by atoms with E-state index in [2.05, 4.69) is 5.32 Å². The van der Waals surface area contributed by atoms with Crippen LogP contribution < -0.4 is 5.32 Å². The van der Waals surface area contributed by atoms with E-state index in [4.69, 9.17) is 4.74 Å². The fraction of sp³-hybridized carbons (Fsp3) is 0.444. The molecule has 10 heteroatoms. The molecule has 1 aliphatic rings. The molecule has 0 aliphatic carbocycles. The summed E-state index contributed by atoms with van der Waals surface area (Å²) in [5, 5.41) is 4.99. The minimum absolute atomic E-state index is 0.128. The van der Waals surface area contributed by atoms with Crippen molar-refractivity contribution in [3.05, 3.63) is 33.5 Å². The topological polar surface area (TPSA) is 92.8 Å². The minimum atomic E-state index is -3.59. The van der Waals surface area contributed by atoms with Crippen LogP contribution in [0.4, 0.5) is 5.00 Å². The lowest BCUT2D eigenvalue weighted by atomic mass is 9.99. The van der Waals surface area contributed by atoms with Crippen LogP contribution in [0.15, 0.2) is 21.7 Å². The molecule has 0 saturated carbocycles. The second-order valence-electron chi connectivity index (χ2n) is 6.60. The van der Waals surface area contributed by atoms with E-state index >= 15 is 0 Å². The standard InChI is InChI=1S/C18H22N2O5S3/c1-11-12(2)27-17(15(11)18(22)25-3)19-16(21)13-6-4-8-20(10-13)28(23,24)14-7-5-9-26-14/h5,7,9,13H,4,6,8,10H2,1-3H3,(H,19,21). The highest BCUT2D eigenvalue weighted by Gasteiger charge is 2.34. The molecule has 3 rings (SSSR count). The molecule has 2 aromatic heterocycles. The first-order valence-electron chi connectivity index (χ1n) is 8.78. The zero-order valence-electron chi connectivity index (χ0n) is 15.9. The zero-order valence-corrected chi connectivity index (χ0v) is 18.3. The summed E-state index contributed by atoms with van der Waals surface area (Å²) in [6, 6.07) is 3.27. The Hall–Kier alpha value is -1.75. The molecule has 28 heavy (non-hydrogen) atoms. The maximum absolute atomic E-state index is 12.8. The van der Waals surface area contributed by atoms with E-state index < -0.39 is 21.9 Å². The number of rotatable bonds is 5. The van der Waals surface area contributed by atoms with Gasteiger partial charge in [-0.15, -0.1) is 22.7 Å². The highest BCUT2D eigenvalue weighted by Crippen LogP contribution is 2.34.